The van der Waals surface area contributed by atoms with Gasteiger partial charge < -0.3 is 5.32 Å². The average molecular weight is 272 g/mol. The number of carbonyl (C=O) groups is 2. The van der Waals surface area contributed by atoms with Crippen molar-refractivity contribution >= 4 is 17.5 Å². The highest BCUT2D eigenvalue weighted by Gasteiger charge is 2.32. The van der Waals surface area contributed by atoms with Gasteiger partial charge in [0.15, 0.2) is 0 Å². The van der Waals surface area contributed by atoms with E-state index in [2.05, 4.69) is 12.2 Å². The van der Waals surface area contributed by atoms with Gasteiger partial charge in [-0.25, -0.2) is 0 Å². The maximum absolute atomic E-state index is 12.0. The second-order valence-electron chi connectivity index (χ2n) is 6.01. The molecule has 1 atom stereocenters. The van der Waals surface area contributed by atoms with Crippen LogP contribution in [0.1, 0.15) is 53.3 Å². The Kier molecular flexibility index (Phi) is 3.24. The zero-order valence-corrected chi connectivity index (χ0v) is 12.0. The second-order valence-corrected chi connectivity index (χ2v) is 6.01. The Morgan fingerprint density at radius 3 is 2.60 bits per heavy atom. The highest BCUT2D eigenvalue weighted by Crippen LogP contribution is 2.31. The maximum Gasteiger partial charge on any atom is 0.261 e. The van der Waals surface area contributed by atoms with Crippen molar-refractivity contribution in [2.75, 3.05) is 12.4 Å². The lowest BCUT2D eigenvalue weighted by Gasteiger charge is -2.29. The summed E-state index contributed by atoms with van der Waals surface area (Å²) in [6.45, 7) is 2.17. The van der Waals surface area contributed by atoms with E-state index in [1.54, 1.807) is 12.1 Å². The number of carbonyl (C=O) groups excluding carboxylic acids is 2. The molecule has 2 aliphatic rings. The summed E-state index contributed by atoms with van der Waals surface area (Å²) in [5.41, 5.74) is 1.94. The number of imide groups is 1. The number of fused-ring (bicyclic) bond motifs is 1. The van der Waals surface area contributed by atoms with Crippen LogP contribution in [0.3, 0.4) is 0 Å². The Morgan fingerprint density at radius 2 is 1.95 bits per heavy atom. The van der Waals surface area contributed by atoms with Crippen molar-refractivity contribution < 1.29 is 9.59 Å². The smallest absolute Gasteiger partial charge is 0.261 e. The lowest BCUT2D eigenvalue weighted by Crippen LogP contribution is -2.24. The molecule has 0 saturated heterocycles. The number of nitrogens with one attached hydrogen (secondary N) is 1. The predicted octanol–water partition coefficient (Wildman–Crippen LogP) is 2.90. The lowest BCUT2D eigenvalue weighted by atomic mass is 9.81. The SMILES string of the molecule is CC(CC1CCC1)Nc1ccc2c(c1)C(=O)N(C)C2=O. The van der Waals surface area contributed by atoms with Crippen LogP contribution < -0.4 is 5.32 Å². The molecule has 0 spiro atoms. The van der Waals surface area contributed by atoms with Crippen molar-refractivity contribution in [3.8, 4) is 0 Å². The Bertz CT molecular complexity index is 564. The Labute approximate surface area is 119 Å². The summed E-state index contributed by atoms with van der Waals surface area (Å²) in [5.74, 6) is 0.431. The van der Waals surface area contributed by atoms with E-state index in [-0.39, 0.29) is 11.8 Å². The molecule has 0 aromatic heterocycles. The number of amides is 2. The summed E-state index contributed by atoms with van der Waals surface area (Å²) in [6, 6.07) is 5.83. The van der Waals surface area contributed by atoms with Crippen LogP contribution >= 0.6 is 0 Å². The van der Waals surface area contributed by atoms with Crippen molar-refractivity contribution in [2.24, 2.45) is 5.92 Å². The molecule has 106 valence electrons. The van der Waals surface area contributed by atoms with Gasteiger partial charge >= 0.3 is 0 Å². The summed E-state index contributed by atoms with van der Waals surface area (Å²) < 4.78 is 0. The molecule has 0 radical (unpaired) electrons. The number of benzene rings is 1. The van der Waals surface area contributed by atoms with Gasteiger partial charge in [-0.15, -0.1) is 0 Å². The number of nitrogens with zero attached hydrogens (tertiary/aromatic N) is 1. The lowest BCUT2D eigenvalue weighted by molar-refractivity contribution is 0.0693. The van der Waals surface area contributed by atoms with Crippen molar-refractivity contribution in [1.29, 1.82) is 0 Å². The first-order valence-electron chi connectivity index (χ1n) is 7.29. The van der Waals surface area contributed by atoms with Gasteiger partial charge in [0.25, 0.3) is 11.8 Å². The van der Waals surface area contributed by atoms with Crippen LogP contribution in [-0.2, 0) is 0 Å². The average Bonchev–Trinajstić information content (AvgIpc) is 2.59. The van der Waals surface area contributed by atoms with E-state index in [1.807, 2.05) is 6.07 Å². The molecular weight excluding hydrogens is 252 g/mol. The Hall–Kier alpha value is -1.84. The van der Waals surface area contributed by atoms with E-state index in [4.69, 9.17) is 0 Å². The van der Waals surface area contributed by atoms with Crippen LogP contribution in [0.15, 0.2) is 18.2 Å². The fourth-order valence-electron chi connectivity index (χ4n) is 3.02. The van der Waals surface area contributed by atoms with Crippen LogP contribution in [0.5, 0.6) is 0 Å². The number of anilines is 1. The molecule has 1 aliphatic heterocycles. The molecule has 20 heavy (non-hydrogen) atoms. The second kappa shape index (κ2) is 4.93. The van der Waals surface area contributed by atoms with Gasteiger partial charge in [0.2, 0.25) is 0 Å². The minimum atomic E-state index is -0.209. The Balaban J connectivity index is 1.73. The first kappa shape index (κ1) is 13.2. The topological polar surface area (TPSA) is 49.4 Å². The fourth-order valence-corrected chi connectivity index (χ4v) is 3.02. The fraction of sp³-hybridized carbons (Fsp3) is 0.500. The van der Waals surface area contributed by atoms with E-state index in [0.717, 1.165) is 11.6 Å². The van der Waals surface area contributed by atoms with E-state index in [9.17, 15) is 9.59 Å². The van der Waals surface area contributed by atoms with Crippen LogP contribution in [0.4, 0.5) is 5.69 Å². The molecule has 2 amide bonds. The maximum atomic E-state index is 12.0. The van der Waals surface area contributed by atoms with Gasteiger partial charge in [-0.1, -0.05) is 19.3 Å². The standard InChI is InChI=1S/C16H20N2O2/c1-10(8-11-4-3-5-11)17-12-6-7-13-14(9-12)16(20)18(2)15(13)19/h6-7,9-11,17H,3-5,8H2,1-2H3. The largest absolute Gasteiger partial charge is 0.383 e. The number of rotatable bonds is 4. The van der Waals surface area contributed by atoms with E-state index in [1.165, 1.54) is 37.6 Å². The molecule has 1 fully saturated rings. The third-order valence-electron chi connectivity index (χ3n) is 4.41. The van der Waals surface area contributed by atoms with Crippen molar-refractivity contribution in [3.05, 3.63) is 29.3 Å². The molecule has 1 aromatic rings. The summed E-state index contributed by atoms with van der Waals surface area (Å²) >= 11 is 0. The van der Waals surface area contributed by atoms with Crippen LogP contribution in [0.2, 0.25) is 0 Å². The van der Waals surface area contributed by atoms with Crippen LogP contribution in [0, 0.1) is 5.92 Å². The monoisotopic (exact) mass is 272 g/mol. The number of hydrogen-bond acceptors (Lipinski definition) is 3. The first-order valence-corrected chi connectivity index (χ1v) is 7.29. The molecule has 4 heteroatoms. The van der Waals surface area contributed by atoms with Crippen molar-refractivity contribution in [1.82, 2.24) is 4.90 Å². The van der Waals surface area contributed by atoms with Crippen molar-refractivity contribution in [2.45, 2.75) is 38.6 Å². The minimum Gasteiger partial charge on any atom is -0.383 e. The zero-order valence-electron chi connectivity index (χ0n) is 12.0. The predicted molar refractivity (Wildman–Crippen MR) is 77.9 cm³/mol. The summed E-state index contributed by atoms with van der Waals surface area (Å²) in [4.78, 5) is 24.9. The quantitative estimate of drug-likeness (QED) is 0.857. The van der Waals surface area contributed by atoms with E-state index >= 15 is 0 Å². The zero-order chi connectivity index (χ0) is 14.3. The van der Waals surface area contributed by atoms with Crippen LogP contribution in [-0.4, -0.2) is 29.8 Å². The van der Waals surface area contributed by atoms with Gasteiger partial charge in [0, 0.05) is 18.8 Å². The van der Waals surface area contributed by atoms with Crippen molar-refractivity contribution in [3.63, 3.8) is 0 Å². The van der Waals surface area contributed by atoms with Crippen LogP contribution in [0.25, 0.3) is 0 Å². The van der Waals surface area contributed by atoms with E-state index < -0.39 is 0 Å². The normalized spacial score (nSPS) is 19.8. The van der Waals surface area contributed by atoms with Gasteiger partial charge in [0.1, 0.15) is 0 Å². The molecule has 1 unspecified atom stereocenters. The first-order chi connectivity index (χ1) is 9.56. The van der Waals surface area contributed by atoms with Gasteiger partial charge in [-0.05, 0) is 37.5 Å². The molecule has 1 heterocycles. The van der Waals surface area contributed by atoms with Gasteiger partial charge in [-0.3, -0.25) is 14.5 Å². The third kappa shape index (κ3) is 2.19. The molecule has 0 bridgehead atoms. The molecule has 4 nitrogen and oxygen atoms in total. The molecule has 3 rings (SSSR count). The van der Waals surface area contributed by atoms with Gasteiger partial charge in [-0.2, -0.15) is 0 Å². The summed E-state index contributed by atoms with van der Waals surface area (Å²) in [5, 5.41) is 3.44. The highest BCUT2D eigenvalue weighted by atomic mass is 16.2. The molecule has 1 aromatic carbocycles. The molecule has 1 aliphatic carbocycles. The molecule has 1 saturated carbocycles. The highest BCUT2D eigenvalue weighted by molar-refractivity contribution is 6.21. The van der Waals surface area contributed by atoms with Gasteiger partial charge in [0.05, 0.1) is 11.1 Å². The summed E-state index contributed by atoms with van der Waals surface area (Å²) in [7, 11) is 1.52. The molecular formula is C16H20N2O2. The Morgan fingerprint density at radius 1 is 1.25 bits per heavy atom. The number of hydrogen-bond donors (Lipinski definition) is 1. The van der Waals surface area contributed by atoms with E-state index in [0.29, 0.717) is 17.2 Å². The third-order valence-corrected chi connectivity index (χ3v) is 4.41. The minimum absolute atomic E-state index is 0.208. The molecule has 1 N–H and O–H groups in total. The summed E-state index contributed by atoms with van der Waals surface area (Å²) in [6.07, 6.45) is 5.21.